The summed E-state index contributed by atoms with van der Waals surface area (Å²) in [6, 6.07) is 0.329. The monoisotopic (exact) mass is 392 g/mol. The van der Waals surface area contributed by atoms with Crippen LogP contribution in [0.25, 0.3) is 0 Å². The van der Waals surface area contributed by atoms with Gasteiger partial charge in [0.05, 0.1) is 13.2 Å². The zero-order valence-corrected chi connectivity index (χ0v) is 16.6. The van der Waals surface area contributed by atoms with Crippen LogP contribution in [0.15, 0.2) is 11.6 Å². The van der Waals surface area contributed by atoms with Gasteiger partial charge in [-0.25, -0.2) is 4.98 Å². The van der Waals surface area contributed by atoms with Crippen molar-refractivity contribution in [3.05, 3.63) is 16.6 Å². The summed E-state index contributed by atoms with van der Waals surface area (Å²) >= 11 is 1.36. The van der Waals surface area contributed by atoms with Crippen LogP contribution in [0.1, 0.15) is 29.6 Å². The van der Waals surface area contributed by atoms with Crippen molar-refractivity contribution in [3.8, 4) is 0 Å². The van der Waals surface area contributed by atoms with Crippen molar-refractivity contribution >= 4 is 23.2 Å². The van der Waals surface area contributed by atoms with E-state index in [0.29, 0.717) is 41.8 Å². The summed E-state index contributed by atoms with van der Waals surface area (Å²) in [4.78, 5) is 33.4. The first-order valence-corrected chi connectivity index (χ1v) is 10.8. The number of carbonyl (C=O) groups excluding carboxylic acids is 2. The minimum absolute atomic E-state index is 0.103. The predicted molar refractivity (Wildman–Crippen MR) is 103 cm³/mol. The number of thiazole rings is 1. The van der Waals surface area contributed by atoms with E-state index in [0.717, 1.165) is 45.8 Å². The molecule has 3 aliphatic rings. The van der Waals surface area contributed by atoms with E-state index in [1.807, 2.05) is 5.38 Å². The van der Waals surface area contributed by atoms with Crippen molar-refractivity contribution < 1.29 is 14.3 Å². The standard InChI is InChI=1S/C19H28N4O3S/c1-13-10-16-14(15(13)12-21-18(25)19-20-2-9-27-19)11-17(24)23(16)4-3-22-5-7-26-8-6-22/h2,9,13-16H,3-8,10-12H2,1H3,(H,21,25)/t13-,14-,15+,16+/m0/s1. The van der Waals surface area contributed by atoms with Gasteiger partial charge in [0.2, 0.25) is 5.91 Å². The third kappa shape index (κ3) is 4.02. The fourth-order valence-corrected chi connectivity index (χ4v) is 5.48. The van der Waals surface area contributed by atoms with Crippen molar-refractivity contribution in [1.29, 1.82) is 0 Å². The second kappa shape index (κ2) is 8.24. The number of amides is 2. The molecule has 27 heavy (non-hydrogen) atoms. The lowest BCUT2D eigenvalue weighted by Gasteiger charge is -2.31. The summed E-state index contributed by atoms with van der Waals surface area (Å²) in [7, 11) is 0. The SMILES string of the molecule is C[C@H]1C[C@@H]2[C@@H](CC(=O)N2CCN2CCOCC2)[C@@H]1CNC(=O)c1nccs1. The summed E-state index contributed by atoms with van der Waals surface area (Å²) in [5.74, 6) is 1.40. The van der Waals surface area contributed by atoms with E-state index in [-0.39, 0.29) is 11.8 Å². The summed E-state index contributed by atoms with van der Waals surface area (Å²) < 4.78 is 5.40. The average molecular weight is 393 g/mol. The van der Waals surface area contributed by atoms with Gasteiger partial charge < -0.3 is 15.0 Å². The van der Waals surface area contributed by atoms with Crippen LogP contribution in [0.4, 0.5) is 0 Å². The molecule has 4 atom stereocenters. The van der Waals surface area contributed by atoms with Crippen molar-refractivity contribution in [1.82, 2.24) is 20.1 Å². The van der Waals surface area contributed by atoms with Gasteiger partial charge in [-0.15, -0.1) is 11.3 Å². The Balaban J connectivity index is 1.32. The van der Waals surface area contributed by atoms with E-state index in [2.05, 4.69) is 27.0 Å². The van der Waals surface area contributed by atoms with Crippen molar-refractivity contribution in [2.75, 3.05) is 45.9 Å². The van der Waals surface area contributed by atoms with Crippen LogP contribution in [0.2, 0.25) is 0 Å². The lowest BCUT2D eigenvalue weighted by Crippen LogP contribution is -2.44. The molecule has 0 unspecified atom stereocenters. The molecule has 1 saturated carbocycles. The van der Waals surface area contributed by atoms with Gasteiger partial charge in [-0.05, 0) is 24.2 Å². The molecule has 1 aromatic heterocycles. The molecular weight excluding hydrogens is 364 g/mol. The summed E-state index contributed by atoms with van der Waals surface area (Å²) in [6.45, 7) is 8.11. The number of likely N-dealkylation sites (tertiary alicyclic amines) is 1. The molecule has 3 fully saturated rings. The zero-order chi connectivity index (χ0) is 18.8. The Morgan fingerprint density at radius 3 is 2.93 bits per heavy atom. The normalized spacial score (nSPS) is 31.3. The van der Waals surface area contributed by atoms with Crippen LogP contribution in [0, 0.1) is 17.8 Å². The fraction of sp³-hybridized carbons (Fsp3) is 0.737. The Bertz CT molecular complexity index is 662. The molecule has 1 aromatic rings. The molecule has 8 heteroatoms. The van der Waals surface area contributed by atoms with Gasteiger partial charge >= 0.3 is 0 Å². The van der Waals surface area contributed by atoms with Crippen LogP contribution in [0.3, 0.4) is 0 Å². The highest BCUT2D eigenvalue weighted by molar-refractivity contribution is 7.11. The second-order valence-corrected chi connectivity index (χ2v) is 8.80. The quantitative estimate of drug-likeness (QED) is 0.784. The third-order valence-corrected chi connectivity index (χ3v) is 7.18. The number of hydrogen-bond donors (Lipinski definition) is 1. The Morgan fingerprint density at radius 1 is 1.37 bits per heavy atom. The van der Waals surface area contributed by atoms with E-state index in [4.69, 9.17) is 4.74 Å². The molecule has 2 amide bonds. The first-order valence-electron chi connectivity index (χ1n) is 9.90. The number of nitrogens with one attached hydrogen (secondary N) is 1. The Labute approximate surface area is 164 Å². The van der Waals surface area contributed by atoms with Crippen LogP contribution >= 0.6 is 11.3 Å². The molecule has 0 spiro atoms. The van der Waals surface area contributed by atoms with E-state index in [9.17, 15) is 9.59 Å². The molecule has 2 saturated heterocycles. The Hall–Kier alpha value is -1.51. The number of carbonyl (C=O) groups is 2. The molecule has 4 rings (SSSR count). The van der Waals surface area contributed by atoms with Crippen LogP contribution in [-0.2, 0) is 9.53 Å². The molecule has 0 radical (unpaired) electrons. The van der Waals surface area contributed by atoms with Crippen LogP contribution < -0.4 is 5.32 Å². The maximum absolute atomic E-state index is 12.6. The van der Waals surface area contributed by atoms with Crippen molar-refractivity contribution in [2.24, 2.45) is 17.8 Å². The minimum Gasteiger partial charge on any atom is -0.379 e. The highest BCUT2D eigenvalue weighted by Crippen LogP contribution is 2.45. The molecule has 148 valence electrons. The highest BCUT2D eigenvalue weighted by Gasteiger charge is 2.50. The molecule has 0 aromatic carbocycles. The van der Waals surface area contributed by atoms with Gasteiger partial charge in [0.15, 0.2) is 5.01 Å². The van der Waals surface area contributed by atoms with Gasteiger partial charge in [-0.1, -0.05) is 6.92 Å². The molecule has 7 nitrogen and oxygen atoms in total. The van der Waals surface area contributed by atoms with E-state index >= 15 is 0 Å². The van der Waals surface area contributed by atoms with Gasteiger partial charge in [0, 0.05) is 56.8 Å². The smallest absolute Gasteiger partial charge is 0.280 e. The van der Waals surface area contributed by atoms with E-state index in [1.165, 1.54) is 11.3 Å². The fourth-order valence-electron chi connectivity index (χ4n) is 4.93. The van der Waals surface area contributed by atoms with E-state index < -0.39 is 0 Å². The van der Waals surface area contributed by atoms with E-state index in [1.54, 1.807) is 6.20 Å². The lowest BCUT2D eigenvalue weighted by atomic mass is 9.88. The predicted octanol–water partition coefficient (Wildman–Crippen LogP) is 1.08. The summed E-state index contributed by atoms with van der Waals surface area (Å²) in [5.41, 5.74) is 0. The highest BCUT2D eigenvalue weighted by atomic mass is 32.1. The lowest BCUT2D eigenvalue weighted by molar-refractivity contribution is -0.129. The van der Waals surface area contributed by atoms with Crippen molar-refractivity contribution in [3.63, 3.8) is 0 Å². The minimum atomic E-state index is -0.103. The van der Waals surface area contributed by atoms with Gasteiger partial charge in [-0.3, -0.25) is 14.5 Å². The molecular formula is C19H28N4O3S. The van der Waals surface area contributed by atoms with Crippen LogP contribution in [-0.4, -0.2) is 78.6 Å². The summed E-state index contributed by atoms with van der Waals surface area (Å²) in [5, 5.41) is 5.36. The summed E-state index contributed by atoms with van der Waals surface area (Å²) in [6.07, 6.45) is 3.31. The van der Waals surface area contributed by atoms with Gasteiger partial charge in [0.25, 0.3) is 5.91 Å². The first kappa shape index (κ1) is 18.8. The first-order chi connectivity index (χ1) is 13.1. The van der Waals surface area contributed by atoms with Gasteiger partial charge in [-0.2, -0.15) is 0 Å². The number of rotatable bonds is 6. The molecule has 3 heterocycles. The maximum atomic E-state index is 12.6. The molecule has 1 aliphatic carbocycles. The van der Waals surface area contributed by atoms with Crippen LogP contribution in [0.5, 0.6) is 0 Å². The molecule has 1 N–H and O–H groups in total. The third-order valence-electron chi connectivity index (χ3n) is 6.41. The Morgan fingerprint density at radius 2 is 2.19 bits per heavy atom. The number of morpholine rings is 1. The number of hydrogen-bond acceptors (Lipinski definition) is 6. The maximum Gasteiger partial charge on any atom is 0.280 e. The molecule has 2 aliphatic heterocycles. The average Bonchev–Trinajstić information content (AvgIpc) is 3.37. The number of ether oxygens (including phenoxy) is 1. The Kier molecular flexibility index (Phi) is 5.75. The largest absolute Gasteiger partial charge is 0.379 e. The second-order valence-electron chi connectivity index (χ2n) is 7.90. The van der Waals surface area contributed by atoms with Gasteiger partial charge in [0.1, 0.15) is 0 Å². The number of nitrogens with zero attached hydrogens (tertiary/aromatic N) is 3. The zero-order valence-electron chi connectivity index (χ0n) is 15.8. The molecule has 0 bridgehead atoms. The number of fused-ring (bicyclic) bond motifs is 1. The topological polar surface area (TPSA) is 74.8 Å². The number of aromatic nitrogens is 1. The van der Waals surface area contributed by atoms with Crippen molar-refractivity contribution in [2.45, 2.75) is 25.8 Å².